The highest BCUT2D eigenvalue weighted by molar-refractivity contribution is 9.11. The van der Waals surface area contributed by atoms with Gasteiger partial charge in [-0.1, -0.05) is 15.9 Å². The Morgan fingerprint density at radius 1 is 1.33 bits per heavy atom. The summed E-state index contributed by atoms with van der Waals surface area (Å²) in [6.07, 6.45) is 1.77. The van der Waals surface area contributed by atoms with Gasteiger partial charge in [0, 0.05) is 15.6 Å². The van der Waals surface area contributed by atoms with E-state index < -0.39 is 6.04 Å². The lowest BCUT2D eigenvalue weighted by Gasteiger charge is -2.27. The van der Waals surface area contributed by atoms with E-state index in [0.29, 0.717) is 15.6 Å². The van der Waals surface area contributed by atoms with E-state index in [9.17, 15) is 10.4 Å². The van der Waals surface area contributed by atoms with E-state index >= 15 is 0 Å². The molecular formula is C16H12Br2N8O. The first-order valence-electron chi connectivity index (χ1n) is 7.46. The lowest BCUT2D eigenvalue weighted by Crippen LogP contribution is -2.32. The van der Waals surface area contributed by atoms with E-state index in [1.807, 2.05) is 13.0 Å². The van der Waals surface area contributed by atoms with Gasteiger partial charge >= 0.3 is 0 Å². The van der Waals surface area contributed by atoms with Crippen molar-refractivity contribution in [2.45, 2.75) is 13.0 Å². The molecule has 2 aromatic rings. The lowest BCUT2D eigenvalue weighted by atomic mass is 9.94. The highest BCUT2D eigenvalue weighted by Gasteiger charge is 2.32. The third-order valence-electron chi connectivity index (χ3n) is 4.10. The number of hydrogen-bond acceptors (Lipinski definition) is 9. The zero-order valence-electron chi connectivity index (χ0n) is 13.8. The van der Waals surface area contributed by atoms with Gasteiger partial charge in [-0.25, -0.2) is 9.98 Å². The molecule has 27 heavy (non-hydrogen) atoms. The van der Waals surface area contributed by atoms with Crippen LogP contribution in [-0.2, 0) is 0 Å². The van der Waals surface area contributed by atoms with E-state index in [1.54, 1.807) is 12.3 Å². The normalized spacial score (nSPS) is 15.0. The third kappa shape index (κ3) is 3.01. The number of pyridine rings is 1. The monoisotopic (exact) mass is 490 g/mol. The molecule has 0 spiro atoms. The first-order valence-corrected chi connectivity index (χ1v) is 9.05. The van der Waals surface area contributed by atoms with Crippen LogP contribution in [0.3, 0.4) is 0 Å². The number of rotatable bonds is 1. The molecule has 0 aliphatic carbocycles. The van der Waals surface area contributed by atoms with Crippen molar-refractivity contribution in [3.05, 3.63) is 37.3 Å². The number of nitrogen functional groups attached to an aromatic ring is 2. The summed E-state index contributed by atoms with van der Waals surface area (Å²) in [4.78, 5) is 8.60. The predicted molar refractivity (Wildman–Crippen MR) is 108 cm³/mol. The number of phenolic OH excluding ortho intramolecular Hbond substituents is 1. The van der Waals surface area contributed by atoms with Crippen LogP contribution in [0.5, 0.6) is 5.75 Å². The second-order valence-corrected chi connectivity index (χ2v) is 7.28. The number of guanidine groups is 1. The number of nitrogens with zero attached hydrogens (tertiary/aromatic N) is 4. The summed E-state index contributed by atoms with van der Waals surface area (Å²) in [6.45, 7) is 1.82. The molecule has 0 saturated heterocycles. The van der Waals surface area contributed by atoms with Crippen LogP contribution in [0.15, 0.2) is 20.0 Å². The van der Waals surface area contributed by atoms with Crippen molar-refractivity contribution in [3.63, 3.8) is 0 Å². The molecule has 7 N–H and O–H groups in total. The van der Waals surface area contributed by atoms with Gasteiger partial charge in [0.15, 0.2) is 6.19 Å². The van der Waals surface area contributed by atoms with Crippen LogP contribution < -0.4 is 22.1 Å². The van der Waals surface area contributed by atoms with Crippen molar-refractivity contribution in [1.82, 2.24) is 10.3 Å². The van der Waals surface area contributed by atoms with Gasteiger partial charge in [-0.2, -0.15) is 10.5 Å². The average molecular weight is 492 g/mol. The van der Waals surface area contributed by atoms with Crippen molar-refractivity contribution in [2.75, 3.05) is 16.8 Å². The van der Waals surface area contributed by atoms with Crippen LogP contribution in [-0.4, -0.2) is 16.1 Å². The zero-order valence-corrected chi connectivity index (χ0v) is 17.0. The average Bonchev–Trinajstić information content (AvgIpc) is 2.62. The molecule has 11 heteroatoms. The quantitative estimate of drug-likeness (QED) is 0.299. The van der Waals surface area contributed by atoms with Gasteiger partial charge in [-0.05, 0) is 34.5 Å². The predicted octanol–water partition coefficient (Wildman–Crippen LogP) is 2.60. The van der Waals surface area contributed by atoms with E-state index in [0.717, 1.165) is 10.0 Å². The van der Waals surface area contributed by atoms with Crippen LogP contribution >= 0.6 is 31.9 Å². The highest BCUT2D eigenvalue weighted by Crippen LogP contribution is 2.46. The number of aromatic nitrogens is 1. The van der Waals surface area contributed by atoms with Gasteiger partial charge in [0.25, 0.3) is 0 Å². The van der Waals surface area contributed by atoms with Gasteiger partial charge in [0.2, 0.25) is 5.96 Å². The third-order valence-corrected chi connectivity index (χ3v) is 5.90. The number of benzene rings is 1. The van der Waals surface area contributed by atoms with Crippen LogP contribution in [0, 0.1) is 29.7 Å². The summed E-state index contributed by atoms with van der Waals surface area (Å²) in [5.74, 6) is 0.268. The van der Waals surface area contributed by atoms with Crippen molar-refractivity contribution in [2.24, 2.45) is 4.99 Å². The molecule has 1 aromatic heterocycles. The number of nitrogens with two attached hydrogens (primary N) is 2. The minimum atomic E-state index is -0.828. The molecule has 1 aliphatic heterocycles. The molecule has 0 radical (unpaired) electrons. The summed E-state index contributed by atoms with van der Waals surface area (Å²) < 4.78 is 1.22. The second-order valence-electron chi connectivity index (χ2n) is 5.64. The number of fused-ring (bicyclic) bond motifs is 1. The molecule has 1 aliphatic rings. The maximum atomic E-state index is 10.7. The fraction of sp³-hybridized carbons (Fsp3) is 0.125. The van der Waals surface area contributed by atoms with Crippen molar-refractivity contribution >= 4 is 55.1 Å². The Bertz CT molecular complexity index is 1080. The van der Waals surface area contributed by atoms with E-state index in [2.05, 4.69) is 52.5 Å². The van der Waals surface area contributed by atoms with Gasteiger partial charge in [0.1, 0.15) is 35.1 Å². The van der Waals surface area contributed by atoms with Crippen LogP contribution in [0.1, 0.15) is 28.3 Å². The van der Waals surface area contributed by atoms with Crippen LogP contribution in [0.4, 0.5) is 17.3 Å². The maximum absolute atomic E-state index is 10.7. The summed E-state index contributed by atoms with van der Waals surface area (Å²) >= 11 is 6.81. The number of anilines is 3. The summed E-state index contributed by atoms with van der Waals surface area (Å²) in [7, 11) is 0. The van der Waals surface area contributed by atoms with Gasteiger partial charge in [0.05, 0.1) is 10.2 Å². The Hall–Kier alpha value is -3.02. The zero-order chi connectivity index (χ0) is 19.9. The Kier molecular flexibility index (Phi) is 4.83. The number of halogens is 2. The van der Waals surface area contributed by atoms with E-state index in [1.165, 1.54) is 0 Å². The molecule has 2 heterocycles. The SMILES string of the molecule is Cc1c(Br)cc(C2N=C(NC#N)Nc3nc(N)c(C#N)c(N)c32)c(O)c1Br. The lowest BCUT2D eigenvalue weighted by molar-refractivity contribution is 0.461. The molecule has 1 unspecified atom stereocenters. The number of aromatic hydroxyl groups is 1. The number of nitriles is 2. The molecule has 1 atom stereocenters. The standard InChI is InChI=1S/C16H12Br2N8O/c1-5-8(17)2-6(13(27)10(5)18)12-9-11(21)7(3-19)14(22)25-15(9)26-16(24-12)23-4-20/h2,12,27H,1H3,(H6,21,22,23,24,25,26). The molecule has 9 nitrogen and oxygen atoms in total. The molecule has 136 valence electrons. The summed E-state index contributed by atoms with van der Waals surface area (Å²) in [5.41, 5.74) is 13.7. The van der Waals surface area contributed by atoms with Gasteiger partial charge in [-0.3, -0.25) is 5.32 Å². The number of hydrogen-bond donors (Lipinski definition) is 5. The Morgan fingerprint density at radius 2 is 2.04 bits per heavy atom. The molecule has 3 rings (SSSR count). The Labute approximate surface area is 171 Å². The van der Waals surface area contributed by atoms with Gasteiger partial charge in [-0.15, -0.1) is 0 Å². The largest absolute Gasteiger partial charge is 0.506 e. The minimum Gasteiger partial charge on any atom is -0.506 e. The minimum absolute atomic E-state index is 0.0252. The molecule has 0 bridgehead atoms. The smallest absolute Gasteiger partial charge is 0.211 e. The molecule has 0 saturated carbocycles. The summed E-state index contributed by atoms with van der Waals surface area (Å²) in [5, 5.41) is 34.2. The Balaban J connectivity index is 2.34. The Morgan fingerprint density at radius 3 is 2.67 bits per heavy atom. The first-order chi connectivity index (χ1) is 12.8. The second kappa shape index (κ2) is 6.95. The molecular weight excluding hydrogens is 480 g/mol. The first kappa shape index (κ1) is 18.8. The van der Waals surface area contributed by atoms with Crippen LogP contribution in [0.25, 0.3) is 0 Å². The topological polar surface area (TPSA) is 169 Å². The molecule has 1 aromatic carbocycles. The van der Waals surface area contributed by atoms with Crippen molar-refractivity contribution < 1.29 is 5.11 Å². The fourth-order valence-corrected chi connectivity index (χ4v) is 3.89. The van der Waals surface area contributed by atoms with Crippen molar-refractivity contribution in [1.29, 1.82) is 10.5 Å². The molecule has 0 amide bonds. The van der Waals surface area contributed by atoms with Crippen LogP contribution in [0.2, 0.25) is 0 Å². The number of aliphatic imine (C=N–C) groups is 1. The number of phenols is 1. The maximum Gasteiger partial charge on any atom is 0.211 e. The summed E-state index contributed by atoms with van der Waals surface area (Å²) in [6, 6.07) is 2.80. The fourth-order valence-electron chi connectivity index (χ4n) is 2.74. The van der Waals surface area contributed by atoms with Crippen molar-refractivity contribution in [3.8, 4) is 18.0 Å². The molecule has 0 fully saturated rings. The highest BCUT2D eigenvalue weighted by atomic mass is 79.9. The van der Waals surface area contributed by atoms with E-state index in [4.69, 9.17) is 16.7 Å². The van der Waals surface area contributed by atoms with E-state index in [-0.39, 0.29) is 34.6 Å². The van der Waals surface area contributed by atoms with Gasteiger partial charge < -0.3 is 21.9 Å². The number of nitrogens with one attached hydrogen (secondary N) is 2.